The van der Waals surface area contributed by atoms with E-state index in [-0.39, 0.29) is 23.5 Å². The van der Waals surface area contributed by atoms with E-state index in [1.165, 1.54) is 0 Å². The van der Waals surface area contributed by atoms with Crippen LogP contribution in [-0.4, -0.2) is 0 Å². The van der Waals surface area contributed by atoms with Crippen molar-refractivity contribution in [2.45, 2.75) is 0 Å². The molecule has 0 atom stereocenters. The summed E-state index contributed by atoms with van der Waals surface area (Å²) in [7, 11) is 0. The molecule has 0 fully saturated rings. The summed E-state index contributed by atoms with van der Waals surface area (Å²) < 4.78 is 1.13. The molecule has 0 amide bonds. The monoisotopic (exact) mass is 256 g/mol. The summed E-state index contributed by atoms with van der Waals surface area (Å²) in [6.45, 7) is 0. The first kappa shape index (κ1) is 30.2. The quantitative estimate of drug-likeness (QED) is 0.626. The molecule has 0 aliphatic rings. The molecule has 0 saturated carbocycles. The summed E-state index contributed by atoms with van der Waals surface area (Å²) in [5, 5.41) is 0. The minimum atomic E-state index is 0. The largest absolute Gasteiger partial charge is 0.269 e. The van der Waals surface area contributed by atoms with Crippen molar-refractivity contribution in [1.29, 1.82) is 0 Å². The first-order chi connectivity index (χ1) is 3.39. The number of rotatable bonds is 0. The molecule has 0 saturated heterocycles. The normalized spacial score (nSPS) is 5.08. The van der Waals surface area contributed by atoms with Crippen molar-refractivity contribution in [3.05, 3.63) is 34.8 Å². The molecule has 1 rings (SSSR count). The van der Waals surface area contributed by atoms with Crippen molar-refractivity contribution < 1.29 is 23.5 Å². The molecule has 0 heterocycles. The zero-order chi connectivity index (χ0) is 5.11. The molecule has 6 heteroatoms. The Balaban J connectivity index is -0.0000000327. The van der Waals surface area contributed by atoms with Crippen molar-refractivity contribution in [3.63, 3.8) is 0 Å². The second kappa shape index (κ2) is 16.7. The first-order valence-corrected chi connectivity index (χ1v) is 2.89. The highest BCUT2D eigenvalue weighted by atomic mass is 79.9. The highest BCUT2D eigenvalue weighted by Gasteiger charge is 1.74. The summed E-state index contributed by atoms with van der Waals surface area (Å²) in [4.78, 5) is 0. The maximum Gasteiger partial charge on any atom is 0.0175 e. The van der Waals surface area contributed by atoms with Gasteiger partial charge in [-0.1, -0.05) is 34.1 Å². The molecule has 0 aliphatic heterocycles. The fraction of sp³-hybridized carbons (Fsp3) is 0. The Morgan fingerprint density at radius 3 is 1.17 bits per heavy atom. The second-order valence-electron chi connectivity index (χ2n) is 1.30. The molecule has 1 aromatic carbocycles. The number of halogens is 6. The van der Waals surface area contributed by atoms with Crippen LogP contribution in [0.15, 0.2) is 34.8 Å². The van der Waals surface area contributed by atoms with Crippen LogP contribution in [0.3, 0.4) is 0 Å². The highest BCUT2D eigenvalue weighted by molar-refractivity contribution is 9.10. The highest BCUT2D eigenvalue weighted by Crippen LogP contribution is 2.05. The maximum absolute atomic E-state index is 3.31. The Kier molecular flexibility index (Phi) is 42.1. The van der Waals surface area contributed by atoms with Crippen LogP contribution >= 0.6 is 15.9 Å². The lowest BCUT2D eigenvalue weighted by Gasteiger charge is -1.80. The molecule has 0 bridgehead atoms. The molecule has 0 spiro atoms. The van der Waals surface area contributed by atoms with Crippen LogP contribution in [0.4, 0.5) is 23.5 Å². The molecule has 1 aromatic rings. The second-order valence-corrected chi connectivity index (χ2v) is 2.21. The molecule has 0 nitrogen and oxygen atoms in total. The maximum atomic E-state index is 3.31. The molecule has 12 heavy (non-hydrogen) atoms. The van der Waals surface area contributed by atoms with E-state index in [2.05, 4.69) is 15.9 Å². The summed E-state index contributed by atoms with van der Waals surface area (Å²) in [5.74, 6) is 0. The van der Waals surface area contributed by atoms with E-state index in [0.717, 1.165) is 4.47 Å². The SMILES string of the molecule is Brc1ccccc1.F.F.F.F.F. The van der Waals surface area contributed by atoms with E-state index in [1.807, 2.05) is 30.3 Å². The topological polar surface area (TPSA) is 0 Å². The van der Waals surface area contributed by atoms with Crippen LogP contribution in [0.1, 0.15) is 0 Å². The molecule has 0 unspecified atom stereocenters. The van der Waals surface area contributed by atoms with Gasteiger partial charge in [0.25, 0.3) is 0 Å². The van der Waals surface area contributed by atoms with Crippen LogP contribution in [0.5, 0.6) is 0 Å². The van der Waals surface area contributed by atoms with E-state index in [1.54, 1.807) is 0 Å². The van der Waals surface area contributed by atoms with Crippen molar-refractivity contribution in [2.24, 2.45) is 0 Å². The molecule has 0 radical (unpaired) electrons. The third-order valence-electron chi connectivity index (χ3n) is 0.733. The Bertz CT molecular complexity index is 146. The van der Waals surface area contributed by atoms with Crippen molar-refractivity contribution in [1.82, 2.24) is 0 Å². The summed E-state index contributed by atoms with van der Waals surface area (Å²) in [5.41, 5.74) is 0. The van der Waals surface area contributed by atoms with Crippen LogP contribution in [-0.2, 0) is 0 Å². The summed E-state index contributed by atoms with van der Waals surface area (Å²) in [6, 6.07) is 9.97. The Morgan fingerprint density at radius 2 is 1.00 bits per heavy atom. The van der Waals surface area contributed by atoms with Crippen LogP contribution in [0.25, 0.3) is 0 Å². The first-order valence-electron chi connectivity index (χ1n) is 2.10. The minimum Gasteiger partial charge on any atom is -0.269 e. The van der Waals surface area contributed by atoms with Crippen molar-refractivity contribution in [3.8, 4) is 0 Å². The van der Waals surface area contributed by atoms with Gasteiger partial charge in [0.05, 0.1) is 0 Å². The zero-order valence-corrected chi connectivity index (χ0v) is 7.39. The predicted octanol–water partition coefficient (Wildman–Crippen LogP) is 3.21. The molecule has 76 valence electrons. The van der Waals surface area contributed by atoms with Gasteiger partial charge in [0, 0.05) is 4.47 Å². The van der Waals surface area contributed by atoms with E-state index in [4.69, 9.17) is 0 Å². The van der Waals surface area contributed by atoms with Gasteiger partial charge in [0.1, 0.15) is 0 Å². The van der Waals surface area contributed by atoms with Gasteiger partial charge in [0.2, 0.25) is 0 Å². The van der Waals surface area contributed by atoms with Crippen molar-refractivity contribution >= 4 is 15.9 Å². The zero-order valence-electron chi connectivity index (χ0n) is 5.81. The average Bonchev–Trinajstić information content (AvgIpc) is 1.69. The van der Waals surface area contributed by atoms with Gasteiger partial charge in [0.15, 0.2) is 0 Å². The lowest BCUT2D eigenvalue weighted by atomic mass is 10.4. The van der Waals surface area contributed by atoms with Crippen LogP contribution in [0.2, 0.25) is 0 Å². The van der Waals surface area contributed by atoms with Gasteiger partial charge >= 0.3 is 0 Å². The van der Waals surface area contributed by atoms with Gasteiger partial charge in [-0.05, 0) is 12.1 Å². The predicted molar refractivity (Wildman–Crippen MR) is 46.7 cm³/mol. The third kappa shape index (κ3) is 12.1. The number of hydrogen-bond donors (Lipinski definition) is 0. The molecule has 0 aromatic heterocycles. The van der Waals surface area contributed by atoms with Gasteiger partial charge in [-0.3, -0.25) is 23.5 Å². The van der Waals surface area contributed by atoms with Gasteiger partial charge < -0.3 is 0 Å². The summed E-state index contributed by atoms with van der Waals surface area (Å²) in [6.07, 6.45) is 0. The number of hydrogen-bond acceptors (Lipinski definition) is 0. The fourth-order valence-corrected chi connectivity index (χ4v) is 0.720. The van der Waals surface area contributed by atoms with Gasteiger partial charge in [-0.2, -0.15) is 0 Å². The fourth-order valence-electron chi connectivity index (χ4n) is 0.415. The van der Waals surface area contributed by atoms with E-state index >= 15 is 0 Å². The van der Waals surface area contributed by atoms with Gasteiger partial charge in [-0.15, -0.1) is 0 Å². The minimum absolute atomic E-state index is 0. The lowest BCUT2D eigenvalue weighted by molar-refractivity contribution is 1.11. The summed E-state index contributed by atoms with van der Waals surface area (Å²) >= 11 is 3.31. The molecule has 0 aliphatic carbocycles. The Hall–Kier alpha value is -0.650. The number of benzene rings is 1. The lowest BCUT2D eigenvalue weighted by Crippen LogP contribution is -1.55. The van der Waals surface area contributed by atoms with Gasteiger partial charge in [-0.25, -0.2) is 0 Å². The van der Waals surface area contributed by atoms with E-state index in [0.29, 0.717) is 0 Å². The Morgan fingerprint density at radius 1 is 0.667 bits per heavy atom. The standard InChI is InChI=1S/C6H5Br.5FH/c7-6-4-2-1-3-5-6;;;;;/h1-5H;5*1H. The third-order valence-corrected chi connectivity index (χ3v) is 1.26. The van der Waals surface area contributed by atoms with Crippen LogP contribution in [0, 0.1) is 0 Å². The van der Waals surface area contributed by atoms with Crippen molar-refractivity contribution in [2.75, 3.05) is 0 Å². The van der Waals surface area contributed by atoms with E-state index in [9.17, 15) is 0 Å². The Labute approximate surface area is 74.9 Å². The van der Waals surface area contributed by atoms with E-state index < -0.39 is 0 Å². The smallest absolute Gasteiger partial charge is 0.0175 e. The average molecular weight is 257 g/mol. The van der Waals surface area contributed by atoms with Crippen LogP contribution < -0.4 is 0 Å². The molecular formula is C6H10BrF5. The molecule has 0 N–H and O–H groups in total. The molecular weight excluding hydrogens is 247 g/mol.